The Hall–Kier alpha value is -0.820. The summed E-state index contributed by atoms with van der Waals surface area (Å²) in [4.78, 5) is 3.93. The minimum Gasteiger partial charge on any atom is -0.244 e. The number of rotatable bonds is 1. The lowest BCUT2D eigenvalue weighted by atomic mass is 10.1. The molecule has 1 aromatic carbocycles. The maximum absolute atomic E-state index is 12.4. The highest BCUT2D eigenvalue weighted by atomic mass is 127. The summed E-state index contributed by atoms with van der Waals surface area (Å²) >= 11 is 7.79. The van der Waals surface area contributed by atoms with Gasteiger partial charge in [0.05, 0.1) is 5.56 Å². The fraction of sp³-hybridized carbons (Fsp3) is 0.0833. The Morgan fingerprint density at radius 2 is 1.72 bits per heavy atom. The smallest absolute Gasteiger partial charge is 0.244 e. The van der Waals surface area contributed by atoms with Crippen LogP contribution in [0.4, 0.5) is 13.2 Å². The SMILES string of the molecule is FC(F)(F)c1ccc(-c2cnc(Cl)cc2I)cc1. The number of aromatic nitrogens is 1. The van der Waals surface area contributed by atoms with Gasteiger partial charge in [0.25, 0.3) is 0 Å². The summed E-state index contributed by atoms with van der Waals surface area (Å²) in [7, 11) is 0. The second-order valence-corrected chi connectivity index (χ2v) is 5.11. The first kappa shape index (κ1) is 13.6. The lowest BCUT2D eigenvalue weighted by Crippen LogP contribution is -2.04. The Bertz CT molecular complexity index is 567. The van der Waals surface area contributed by atoms with E-state index in [1.54, 1.807) is 12.3 Å². The number of benzene rings is 1. The van der Waals surface area contributed by atoms with E-state index in [0.717, 1.165) is 21.3 Å². The summed E-state index contributed by atoms with van der Waals surface area (Å²) in [5.41, 5.74) is 0.772. The summed E-state index contributed by atoms with van der Waals surface area (Å²) < 4.78 is 38.1. The Labute approximate surface area is 120 Å². The van der Waals surface area contributed by atoms with Crippen LogP contribution in [0.15, 0.2) is 36.5 Å². The van der Waals surface area contributed by atoms with Crippen molar-refractivity contribution in [3.63, 3.8) is 0 Å². The van der Waals surface area contributed by atoms with E-state index in [-0.39, 0.29) is 0 Å². The van der Waals surface area contributed by atoms with Crippen LogP contribution in [0.1, 0.15) is 5.56 Å². The van der Waals surface area contributed by atoms with E-state index in [4.69, 9.17) is 11.6 Å². The molecule has 6 heteroatoms. The van der Waals surface area contributed by atoms with E-state index >= 15 is 0 Å². The van der Waals surface area contributed by atoms with Gasteiger partial charge in [-0.2, -0.15) is 13.2 Å². The molecule has 2 rings (SSSR count). The van der Waals surface area contributed by atoms with Gasteiger partial charge >= 0.3 is 6.18 Å². The molecule has 0 aliphatic rings. The molecule has 0 spiro atoms. The van der Waals surface area contributed by atoms with Crippen molar-refractivity contribution in [1.82, 2.24) is 4.98 Å². The molecule has 2 aromatic rings. The third kappa shape index (κ3) is 2.95. The highest BCUT2D eigenvalue weighted by molar-refractivity contribution is 14.1. The van der Waals surface area contributed by atoms with Crippen molar-refractivity contribution < 1.29 is 13.2 Å². The Morgan fingerprint density at radius 1 is 1.11 bits per heavy atom. The molecule has 1 heterocycles. The zero-order valence-corrected chi connectivity index (χ0v) is 11.7. The lowest BCUT2D eigenvalue weighted by Gasteiger charge is -2.08. The number of pyridine rings is 1. The first-order valence-electron chi connectivity index (χ1n) is 4.86. The van der Waals surface area contributed by atoms with E-state index < -0.39 is 11.7 Å². The van der Waals surface area contributed by atoms with Gasteiger partial charge in [0.2, 0.25) is 0 Å². The van der Waals surface area contributed by atoms with Crippen molar-refractivity contribution in [1.29, 1.82) is 0 Å². The maximum Gasteiger partial charge on any atom is 0.416 e. The van der Waals surface area contributed by atoms with Crippen molar-refractivity contribution in [3.05, 3.63) is 50.8 Å². The Kier molecular flexibility index (Phi) is 3.82. The molecule has 0 aliphatic heterocycles. The third-order valence-electron chi connectivity index (χ3n) is 2.34. The van der Waals surface area contributed by atoms with Crippen LogP contribution in [0.3, 0.4) is 0 Å². The first-order valence-corrected chi connectivity index (χ1v) is 6.32. The van der Waals surface area contributed by atoms with Crippen LogP contribution in [-0.2, 0) is 6.18 Å². The minimum absolute atomic E-state index is 0.357. The van der Waals surface area contributed by atoms with Gasteiger partial charge in [-0.05, 0) is 46.4 Å². The van der Waals surface area contributed by atoms with Crippen LogP contribution in [0.2, 0.25) is 5.15 Å². The molecular weight excluding hydrogens is 377 g/mol. The molecule has 0 N–H and O–H groups in total. The van der Waals surface area contributed by atoms with E-state index in [1.807, 2.05) is 0 Å². The third-order valence-corrected chi connectivity index (χ3v) is 3.44. The summed E-state index contributed by atoms with van der Waals surface area (Å²) in [6, 6.07) is 6.63. The van der Waals surface area contributed by atoms with Gasteiger partial charge in [0.1, 0.15) is 5.15 Å². The zero-order valence-electron chi connectivity index (χ0n) is 8.80. The van der Waals surface area contributed by atoms with Crippen LogP contribution < -0.4 is 0 Å². The standard InChI is InChI=1S/C12H6ClF3IN/c13-11-5-10(17)9(6-18-11)7-1-3-8(4-2-7)12(14,15)16/h1-6H. The van der Waals surface area contributed by atoms with E-state index in [1.165, 1.54) is 12.1 Å². The largest absolute Gasteiger partial charge is 0.416 e. The highest BCUT2D eigenvalue weighted by Gasteiger charge is 2.30. The summed E-state index contributed by atoms with van der Waals surface area (Å²) in [6.07, 6.45) is -2.77. The predicted octanol–water partition coefficient (Wildman–Crippen LogP) is 5.03. The Morgan fingerprint density at radius 3 is 2.22 bits per heavy atom. The number of hydrogen-bond donors (Lipinski definition) is 0. The van der Waals surface area contributed by atoms with Crippen molar-refractivity contribution in [2.45, 2.75) is 6.18 Å². The molecule has 0 atom stereocenters. The number of hydrogen-bond acceptors (Lipinski definition) is 1. The van der Waals surface area contributed by atoms with Crippen LogP contribution >= 0.6 is 34.2 Å². The van der Waals surface area contributed by atoms with Gasteiger partial charge in [-0.15, -0.1) is 0 Å². The fourth-order valence-corrected chi connectivity index (χ4v) is 2.55. The average Bonchev–Trinajstić information content (AvgIpc) is 2.28. The minimum atomic E-state index is -4.32. The van der Waals surface area contributed by atoms with Crippen LogP contribution in [0.5, 0.6) is 0 Å². The highest BCUT2D eigenvalue weighted by Crippen LogP contribution is 2.32. The second-order valence-electron chi connectivity index (χ2n) is 3.56. The molecule has 0 fully saturated rings. The Balaban J connectivity index is 2.41. The first-order chi connectivity index (χ1) is 8.38. The monoisotopic (exact) mass is 383 g/mol. The van der Waals surface area contributed by atoms with Crippen LogP contribution in [0, 0.1) is 3.57 Å². The molecule has 0 amide bonds. The van der Waals surface area contributed by atoms with E-state index in [0.29, 0.717) is 10.7 Å². The van der Waals surface area contributed by atoms with Gasteiger partial charge in [0.15, 0.2) is 0 Å². The number of nitrogens with zero attached hydrogens (tertiary/aromatic N) is 1. The molecule has 0 saturated carbocycles. The summed E-state index contributed by atoms with van der Waals surface area (Å²) in [5.74, 6) is 0. The van der Waals surface area contributed by atoms with Crippen molar-refractivity contribution in [3.8, 4) is 11.1 Å². The van der Waals surface area contributed by atoms with Crippen molar-refractivity contribution in [2.24, 2.45) is 0 Å². The van der Waals surface area contributed by atoms with Gasteiger partial charge in [0, 0.05) is 15.3 Å². The van der Waals surface area contributed by atoms with Crippen molar-refractivity contribution in [2.75, 3.05) is 0 Å². The molecule has 0 aliphatic carbocycles. The molecule has 18 heavy (non-hydrogen) atoms. The maximum atomic E-state index is 12.4. The van der Waals surface area contributed by atoms with E-state index in [2.05, 4.69) is 27.6 Å². The zero-order chi connectivity index (χ0) is 13.3. The fourth-order valence-electron chi connectivity index (χ4n) is 1.46. The number of alkyl halides is 3. The molecule has 1 aromatic heterocycles. The molecule has 1 nitrogen and oxygen atoms in total. The van der Waals surface area contributed by atoms with Gasteiger partial charge in [-0.1, -0.05) is 23.7 Å². The molecular formula is C12H6ClF3IN. The average molecular weight is 384 g/mol. The van der Waals surface area contributed by atoms with Crippen molar-refractivity contribution >= 4 is 34.2 Å². The quantitative estimate of drug-likeness (QED) is 0.497. The summed E-state index contributed by atoms with van der Waals surface area (Å²) in [5, 5.41) is 0.357. The molecule has 0 saturated heterocycles. The lowest BCUT2D eigenvalue weighted by molar-refractivity contribution is -0.137. The van der Waals surface area contributed by atoms with E-state index in [9.17, 15) is 13.2 Å². The normalized spacial score (nSPS) is 11.6. The predicted molar refractivity (Wildman–Crippen MR) is 72.4 cm³/mol. The van der Waals surface area contributed by atoms with Gasteiger partial charge in [-0.3, -0.25) is 0 Å². The van der Waals surface area contributed by atoms with Gasteiger partial charge in [-0.25, -0.2) is 4.98 Å². The number of halogens is 5. The molecule has 0 radical (unpaired) electrons. The summed E-state index contributed by atoms with van der Waals surface area (Å²) in [6.45, 7) is 0. The molecule has 0 unspecified atom stereocenters. The van der Waals surface area contributed by atoms with Crippen LogP contribution in [-0.4, -0.2) is 4.98 Å². The topological polar surface area (TPSA) is 12.9 Å². The molecule has 0 bridgehead atoms. The van der Waals surface area contributed by atoms with Gasteiger partial charge < -0.3 is 0 Å². The second kappa shape index (κ2) is 5.05. The molecule has 94 valence electrons. The van der Waals surface area contributed by atoms with Crippen LogP contribution in [0.25, 0.3) is 11.1 Å².